The molecule has 0 bridgehead atoms. The third-order valence-electron chi connectivity index (χ3n) is 1.12. The Morgan fingerprint density at radius 2 is 1.92 bits per heavy atom. The Balaban J connectivity index is 3.63. The van der Waals surface area contributed by atoms with E-state index in [1.807, 2.05) is 0 Å². The van der Waals surface area contributed by atoms with Crippen molar-refractivity contribution < 1.29 is 28.5 Å². The van der Waals surface area contributed by atoms with Gasteiger partial charge in [0.05, 0.1) is 6.42 Å². The highest BCUT2D eigenvalue weighted by Gasteiger charge is 2.17. The lowest BCUT2D eigenvalue weighted by atomic mass is 10.2. The van der Waals surface area contributed by atoms with Crippen LogP contribution in [0.3, 0.4) is 0 Å². The monoisotopic (exact) mass is 183 g/mol. The first kappa shape index (κ1) is 10.8. The quantitative estimate of drug-likeness (QED) is 0.660. The van der Waals surface area contributed by atoms with Gasteiger partial charge in [0.15, 0.2) is 0 Å². The van der Waals surface area contributed by atoms with Crippen LogP contribution in [-0.2, 0) is 19.5 Å². The predicted octanol–water partition coefficient (Wildman–Crippen LogP) is -0.0507. The van der Waals surface area contributed by atoms with Gasteiger partial charge >= 0.3 is 11.9 Å². The number of hydrogen-bond donors (Lipinski definition) is 1. The molecule has 0 heterocycles. The van der Waals surface area contributed by atoms with Crippen LogP contribution in [-0.4, -0.2) is 18.0 Å². The fourth-order valence-electron chi connectivity index (χ4n) is 0.487. The average molecular weight is 183 g/mol. The second kappa shape index (κ2) is 5.42. The van der Waals surface area contributed by atoms with Crippen molar-refractivity contribution in [3.63, 3.8) is 0 Å². The van der Waals surface area contributed by atoms with E-state index in [9.17, 15) is 18.6 Å². The lowest BCUT2D eigenvalue weighted by molar-refractivity contribution is -0.187. The number of hydrogen-bond acceptors (Lipinski definition) is 5. The average Bonchev–Trinajstić information content (AvgIpc) is 2.11. The summed E-state index contributed by atoms with van der Waals surface area (Å²) in [5, 5.41) is 0. The van der Waals surface area contributed by atoms with E-state index in [4.69, 9.17) is 5.73 Å². The molecular weight excluding hydrogens is 176 g/mol. The van der Waals surface area contributed by atoms with Gasteiger partial charge in [-0.3, -0.25) is 9.88 Å². The van der Waals surface area contributed by atoms with Gasteiger partial charge in [0.25, 0.3) is 0 Å². The molecule has 1 atom stereocenters. The van der Waals surface area contributed by atoms with Gasteiger partial charge in [-0.15, -0.1) is 0 Å². The molecule has 0 aromatic heterocycles. The van der Waals surface area contributed by atoms with E-state index in [0.29, 0.717) is 0 Å². The lowest BCUT2D eigenvalue weighted by Gasteiger charge is -2.03. The SMILES string of the molecule is N[C@@H](CCC(=O)OF)C(=O)OF. The van der Waals surface area contributed by atoms with Crippen molar-refractivity contribution in [1.29, 1.82) is 0 Å². The maximum absolute atomic E-state index is 11.1. The van der Waals surface area contributed by atoms with Crippen molar-refractivity contribution in [3.05, 3.63) is 0 Å². The highest BCUT2D eigenvalue weighted by Crippen LogP contribution is 1.99. The number of rotatable bonds is 4. The van der Waals surface area contributed by atoms with Crippen LogP contribution < -0.4 is 5.73 Å². The second-order valence-electron chi connectivity index (χ2n) is 1.99. The van der Waals surface area contributed by atoms with Gasteiger partial charge in [-0.2, -0.15) is 0 Å². The smallest absolute Gasteiger partial charge is 0.318 e. The molecule has 0 saturated carbocycles. The summed E-state index contributed by atoms with van der Waals surface area (Å²) in [4.78, 5) is 25.9. The summed E-state index contributed by atoms with van der Waals surface area (Å²) in [6.45, 7) is 0. The van der Waals surface area contributed by atoms with E-state index in [1.165, 1.54) is 0 Å². The minimum Gasteiger partial charge on any atom is -0.318 e. The van der Waals surface area contributed by atoms with E-state index in [-0.39, 0.29) is 6.42 Å². The lowest BCUT2D eigenvalue weighted by Crippen LogP contribution is -2.31. The molecule has 0 radical (unpaired) electrons. The van der Waals surface area contributed by atoms with Crippen LogP contribution in [0, 0.1) is 0 Å². The van der Waals surface area contributed by atoms with E-state index in [2.05, 4.69) is 9.88 Å². The maximum Gasteiger partial charge on any atom is 0.365 e. The number of nitrogens with two attached hydrogens (primary N) is 1. The standard InChI is InChI=1S/C5H7F2NO4/c6-11-4(9)2-1-3(8)5(10)12-7/h3H,1-2,8H2/t3-/m0/s1. The van der Waals surface area contributed by atoms with Gasteiger partial charge in [-0.05, 0) is 6.42 Å². The molecule has 0 aliphatic carbocycles. The van der Waals surface area contributed by atoms with Crippen molar-refractivity contribution in [1.82, 2.24) is 0 Å². The molecule has 0 aromatic rings. The number of halogens is 2. The van der Waals surface area contributed by atoms with Gasteiger partial charge in [-0.1, -0.05) is 0 Å². The Kier molecular flexibility index (Phi) is 4.86. The maximum atomic E-state index is 11.1. The molecular formula is C5H7F2NO4. The van der Waals surface area contributed by atoms with Crippen LogP contribution >= 0.6 is 0 Å². The molecule has 0 aliphatic heterocycles. The van der Waals surface area contributed by atoms with Crippen molar-refractivity contribution in [2.24, 2.45) is 5.73 Å². The minimum atomic E-state index is -1.30. The molecule has 12 heavy (non-hydrogen) atoms. The summed E-state index contributed by atoms with van der Waals surface area (Å²) in [7, 11) is 0. The van der Waals surface area contributed by atoms with Crippen LogP contribution in [0.25, 0.3) is 0 Å². The summed E-state index contributed by atoms with van der Waals surface area (Å²) >= 11 is 0. The molecule has 0 aliphatic rings. The van der Waals surface area contributed by atoms with Crippen molar-refractivity contribution >= 4 is 11.9 Å². The first-order chi connectivity index (χ1) is 5.61. The third-order valence-corrected chi connectivity index (χ3v) is 1.12. The summed E-state index contributed by atoms with van der Waals surface area (Å²) in [5.74, 6) is -2.47. The first-order valence-electron chi connectivity index (χ1n) is 3.01. The van der Waals surface area contributed by atoms with Gasteiger partial charge in [0.1, 0.15) is 6.04 Å². The molecule has 0 saturated heterocycles. The Labute approximate surface area is 66.2 Å². The predicted molar refractivity (Wildman–Crippen MR) is 31.6 cm³/mol. The van der Waals surface area contributed by atoms with Crippen molar-refractivity contribution in [2.45, 2.75) is 18.9 Å². The van der Waals surface area contributed by atoms with Crippen LogP contribution in [0.1, 0.15) is 12.8 Å². The molecule has 2 N–H and O–H groups in total. The van der Waals surface area contributed by atoms with Crippen LogP contribution in [0.2, 0.25) is 0 Å². The van der Waals surface area contributed by atoms with Gasteiger partial charge in [-0.25, -0.2) is 9.59 Å². The van der Waals surface area contributed by atoms with Crippen LogP contribution in [0.4, 0.5) is 9.05 Å². The van der Waals surface area contributed by atoms with E-state index in [1.54, 1.807) is 0 Å². The van der Waals surface area contributed by atoms with E-state index in [0.717, 1.165) is 0 Å². The zero-order chi connectivity index (χ0) is 9.56. The van der Waals surface area contributed by atoms with E-state index >= 15 is 0 Å². The molecule has 0 rings (SSSR count). The Hall–Kier alpha value is -1.24. The molecule has 0 unspecified atom stereocenters. The molecule has 70 valence electrons. The zero-order valence-electron chi connectivity index (χ0n) is 5.96. The minimum absolute atomic E-state index is 0.231. The Bertz CT molecular complexity index is 175. The highest BCUT2D eigenvalue weighted by atomic mass is 19.3. The Morgan fingerprint density at radius 3 is 2.33 bits per heavy atom. The summed E-state index contributed by atoms with van der Waals surface area (Å²) < 4.78 is 22.2. The summed E-state index contributed by atoms with van der Waals surface area (Å²) in [6.07, 6.45) is -0.641. The topological polar surface area (TPSA) is 78.6 Å². The third kappa shape index (κ3) is 3.81. The fraction of sp³-hybridized carbons (Fsp3) is 0.600. The fourth-order valence-corrected chi connectivity index (χ4v) is 0.487. The van der Waals surface area contributed by atoms with Crippen molar-refractivity contribution in [3.8, 4) is 0 Å². The van der Waals surface area contributed by atoms with E-state index < -0.39 is 24.4 Å². The first-order valence-corrected chi connectivity index (χ1v) is 3.01. The second-order valence-corrected chi connectivity index (χ2v) is 1.99. The largest absolute Gasteiger partial charge is 0.365 e. The molecule has 0 spiro atoms. The number of carbonyl (C=O) groups is 2. The molecule has 0 amide bonds. The van der Waals surface area contributed by atoms with Crippen LogP contribution in [0.5, 0.6) is 0 Å². The van der Waals surface area contributed by atoms with Crippen molar-refractivity contribution in [2.75, 3.05) is 0 Å². The summed E-state index contributed by atoms with van der Waals surface area (Å²) in [5.41, 5.74) is 4.99. The van der Waals surface area contributed by atoms with Gasteiger partial charge in [0, 0.05) is 9.05 Å². The highest BCUT2D eigenvalue weighted by molar-refractivity contribution is 5.76. The van der Waals surface area contributed by atoms with Gasteiger partial charge in [0.2, 0.25) is 0 Å². The Morgan fingerprint density at radius 1 is 1.33 bits per heavy atom. The summed E-state index contributed by atoms with van der Waals surface area (Å²) in [6, 6.07) is -1.28. The molecule has 0 aromatic carbocycles. The molecule has 7 heteroatoms. The van der Waals surface area contributed by atoms with Gasteiger partial charge < -0.3 is 5.73 Å². The van der Waals surface area contributed by atoms with Crippen LogP contribution in [0.15, 0.2) is 0 Å². The normalized spacial score (nSPS) is 11.9. The number of carbonyl (C=O) groups excluding carboxylic acids is 2. The molecule has 5 nitrogen and oxygen atoms in total. The zero-order valence-corrected chi connectivity index (χ0v) is 5.96. The molecule has 0 fully saturated rings.